The molecular formula is C20H29N3O3. The first-order valence-corrected chi connectivity index (χ1v) is 8.99. The SMILES string of the molecule is C=CCN(CCC)C(=O)C[C@@H]1COc2ccc(C(=O)N(C)C)cc2N1C. The Labute approximate surface area is 156 Å². The van der Waals surface area contributed by atoms with E-state index in [-0.39, 0.29) is 17.9 Å². The summed E-state index contributed by atoms with van der Waals surface area (Å²) in [7, 11) is 5.40. The number of anilines is 1. The van der Waals surface area contributed by atoms with Gasteiger partial charge in [0.2, 0.25) is 5.91 Å². The lowest BCUT2D eigenvalue weighted by molar-refractivity contribution is -0.131. The van der Waals surface area contributed by atoms with Crippen LogP contribution in [0.3, 0.4) is 0 Å². The molecule has 142 valence electrons. The predicted octanol–water partition coefficient (Wildman–Crippen LogP) is 2.40. The Balaban J connectivity index is 2.16. The van der Waals surface area contributed by atoms with Crippen LogP contribution in [0.15, 0.2) is 30.9 Å². The molecule has 2 amide bonds. The zero-order valence-corrected chi connectivity index (χ0v) is 16.2. The second-order valence-electron chi connectivity index (χ2n) is 6.79. The summed E-state index contributed by atoms with van der Waals surface area (Å²) in [4.78, 5) is 30.3. The predicted molar refractivity (Wildman–Crippen MR) is 104 cm³/mol. The van der Waals surface area contributed by atoms with E-state index >= 15 is 0 Å². The lowest BCUT2D eigenvalue weighted by Crippen LogP contribution is -2.45. The number of fused-ring (bicyclic) bond motifs is 1. The summed E-state index contributed by atoms with van der Waals surface area (Å²) in [5.41, 5.74) is 1.45. The minimum atomic E-state index is -0.0659. The van der Waals surface area contributed by atoms with Crippen molar-refractivity contribution >= 4 is 17.5 Å². The van der Waals surface area contributed by atoms with Crippen molar-refractivity contribution < 1.29 is 14.3 Å². The highest BCUT2D eigenvalue weighted by Gasteiger charge is 2.29. The number of hydrogen-bond donors (Lipinski definition) is 0. The molecule has 1 aromatic rings. The summed E-state index contributed by atoms with van der Waals surface area (Å²) >= 11 is 0. The molecule has 0 radical (unpaired) electrons. The molecule has 1 atom stereocenters. The fourth-order valence-corrected chi connectivity index (χ4v) is 3.07. The number of hydrogen-bond acceptors (Lipinski definition) is 4. The molecule has 0 fully saturated rings. The molecule has 0 spiro atoms. The Bertz CT molecular complexity index is 672. The van der Waals surface area contributed by atoms with Crippen LogP contribution in [0.25, 0.3) is 0 Å². The van der Waals surface area contributed by atoms with E-state index in [1.807, 2.05) is 29.0 Å². The zero-order chi connectivity index (χ0) is 19.3. The molecule has 0 saturated carbocycles. The summed E-state index contributed by atoms with van der Waals surface area (Å²) in [6.45, 7) is 7.52. The van der Waals surface area contributed by atoms with Crippen LogP contribution in [-0.2, 0) is 4.79 Å². The number of benzene rings is 1. The average molecular weight is 359 g/mol. The molecule has 2 rings (SSSR count). The third-order valence-electron chi connectivity index (χ3n) is 4.58. The fraction of sp³-hybridized carbons (Fsp3) is 0.500. The zero-order valence-electron chi connectivity index (χ0n) is 16.2. The minimum Gasteiger partial charge on any atom is -0.489 e. The first kappa shape index (κ1) is 19.8. The number of rotatable bonds is 7. The molecule has 1 aliphatic rings. The first-order valence-electron chi connectivity index (χ1n) is 8.99. The van der Waals surface area contributed by atoms with E-state index in [9.17, 15) is 9.59 Å². The van der Waals surface area contributed by atoms with Gasteiger partial charge in [-0.3, -0.25) is 9.59 Å². The molecule has 1 heterocycles. The molecule has 1 aromatic carbocycles. The fourth-order valence-electron chi connectivity index (χ4n) is 3.07. The maximum absolute atomic E-state index is 12.6. The van der Waals surface area contributed by atoms with Gasteiger partial charge in [0.1, 0.15) is 12.4 Å². The molecule has 0 aromatic heterocycles. The Kier molecular flexibility index (Phi) is 6.66. The van der Waals surface area contributed by atoms with Crippen LogP contribution < -0.4 is 9.64 Å². The van der Waals surface area contributed by atoms with Crippen LogP contribution in [-0.4, -0.2) is 68.5 Å². The molecule has 0 unspecified atom stereocenters. The highest BCUT2D eigenvalue weighted by atomic mass is 16.5. The summed E-state index contributed by atoms with van der Waals surface area (Å²) in [5, 5.41) is 0. The highest BCUT2D eigenvalue weighted by molar-refractivity contribution is 5.95. The van der Waals surface area contributed by atoms with Crippen molar-refractivity contribution in [2.45, 2.75) is 25.8 Å². The van der Waals surface area contributed by atoms with Gasteiger partial charge >= 0.3 is 0 Å². The molecule has 26 heavy (non-hydrogen) atoms. The second-order valence-corrected chi connectivity index (χ2v) is 6.79. The lowest BCUT2D eigenvalue weighted by atomic mass is 10.1. The van der Waals surface area contributed by atoms with E-state index < -0.39 is 0 Å². The molecule has 0 bridgehead atoms. The average Bonchev–Trinajstić information content (AvgIpc) is 2.62. The van der Waals surface area contributed by atoms with Crippen molar-refractivity contribution in [1.29, 1.82) is 0 Å². The normalized spacial score (nSPS) is 15.7. The Hall–Kier alpha value is -2.50. The van der Waals surface area contributed by atoms with Gasteiger partial charge in [-0.15, -0.1) is 6.58 Å². The van der Waals surface area contributed by atoms with Crippen LogP contribution in [0.1, 0.15) is 30.1 Å². The monoisotopic (exact) mass is 359 g/mol. The Morgan fingerprint density at radius 1 is 1.38 bits per heavy atom. The van der Waals surface area contributed by atoms with Crippen molar-refractivity contribution in [3.8, 4) is 5.75 Å². The van der Waals surface area contributed by atoms with Gasteiger partial charge in [-0.05, 0) is 24.6 Å². The van der Waals surface area contributed by atoms with E-state index in [2.05, 4.69) is 13.5 Å². The minimum absolute atomic E-state index is 0.0560. The van der Waals surface area contributed by atoms with Crippen LogP contribution in [0.2, 0.25) is 0 Å². The molecule has 0 N–H and O–H groups in total. The van der Waals surface area contributed by atoms with Gasteiger partial charge in [-0.2, -0.15) is 0 Å². The maximum Gasteiger partial charge on any atom is 0.253 e. The van der Waals surface area contributed by atoms with Crippen LogP contribution in [0.5, 0.6) is 5.75 Å². The van der Waals surface area contributed by atoms with Gasteiger partial charge in [0.05, 0.1) is 18.2 Å². The number of ether oxygens (including phenoxy) is 1. The number of carbonyl (C=O) groups is 2. The van der Waals surface area contributed by atoms with Gasteiger partial charge in [0.15, 0.2) is 0 Å². The largest absolute Gasteiger partial charge is 0.489 e. The van der Waals surface area contributed by atoms with Crippen LogP contribution in [0.4, 0.5) is 5.69 Å². The van der Waals surface area contributed by atoms with Crippen molar-refractivity contribution in [2.75, 3.05) is 45.7 Å². The highest BCUT2D eigenvalue weighted by Crippen LogP contribution is 2.34. The van der Waals surface area contributed by atoms with Crippen molar-refractivity contribution in [2.24, 2.45) is 0 Å². The van der Waals surface area contributed by atoms with Gasteiger partial charge in [-0.1, -0.05) is 13.0 Å². The third-order valence-corrected chi connectivity index (χ3v) is 4.58. The Morgan fingerprint density at radius 3 is 2.73 bits per heavy atom. The van der Waals surface area contributed by atoms with Crippen LogP contribution in [0, 0.1) is 0 Å². The molecule has 0 saturated heterocycles. The van der Waals surface area contributed by atoms with E-state index in [1.165, 1.54) is 0 Å². The third kappa shape index (κ3) is 4.36. The number of nitrogens with zero attached hydrogens (tertiary/aromatic N) is 3. The van der Waals surface area contributed by atoms with E-state index in [0.717, 1.165) is 24.4 Å². The number of carbonyl (C=O) groups excluding carboxylic acids is 2. The topological polar surface area (TPSA) is 53.1 Å². The van der Waals surface area contributed by atoms with Gasteiger partial charge < -0.3 is 19.4 Å². The second kappa shape index (κ2) is 8.74. The molecule has 6 nitrogen and oxygen atoms in total. The van der Waals surface area contributed by atoms with Gasteiger partial charge in [0, 0.05) is 39.8 Å². The van der Waals surface area contributed by atoms with Gasteiger partial charge in [0.25, 0.3) is 5.91 Å². The summed E-state index contributed by atoms with van der Waals surface area (Å²) in [6.07, 6.45) is 3.04. The molecule has 1 aliphatic heterocycles. The van der Waals surface area contributed by atoms with E-state index in [0.29, 0.717) is 25.1 Å². The maximum atomic E-state index is 12.6. The summed E-state index contributed by atoms with van der Waals surface area (Å²) in [6, 6.07) is 5.36. The molecular weight excluding hydrogens is 330 g/mol. The number of amides is 2. The quantitative estimate of drug-likeness (QED) is 0.702. The van der Waals surface area contributed by atoms with Crippen molar-refractivity contribution in [3.05, 3.63) is 36.4 Å². The molecule has 0 aliphatic carbocycles. The van der Waals surface area contributed by atoms with E-state index in [1.54, 1.807) is 31.1 Å². The van der Waals surface area contributed by atoms with Gasteiger partial charge in [-0.25, -0.2) is 0 Å². The van der Waals surface area contributed by atoms with Crippen LogP contribution >= 0.6 is 0 Å². The smallest absolute Gasteiger partial charge is 0.253 e. The van der Waals surface area contributed by atoms with E-state index in [4.69, 9.17) is 4.74 Å². The van der Waals surface area contributed by atoms with Crippen molar-refractivity contribution in [3.63, 3.8) is 0 Å². The standard InChI is InChI=1S/C20H29N3O3/c1-6-10-23(11-7-2)19(24)13-16-14-26-18-9-8-15(20(25)21(3)4)12-17(18)22(16)5/h6,8-9,12,16H,1,7,10-11,13-14H2,2-5H3/t16-/m1/s1. The summed E-state index contributed by atoms with van der Waals surface area (Å²) in [5.74, 6) is 0.777. The Morgan fingerprint density at radius 2 is 2.12 bits per heavy atom. The molecule has 6 heteroatoms. The first-order chi connectivity index (χ1) is 12.4. The number of likely N-dealkylation sites (N-methyl/N-ethyl adjacent to an activating group) is 1. The summed E-state index contributed by atoms with van der Waals surface area (Å²) < 4.78 is 5.84. The lowest BCUT2D eigenvalue weighted by Gasteiger charge is -2.36. The van der Waals surface area contributed by atoms with Crippen molar-refractivity contribution in [1.82, 2.24) is 9.80 Å².